The normalized spacial score (nSPS) is 10.4. The van der Waals surface area contributed by atoms with Crippen molar-refractivity contribution in [1.29, 1.82) is 0 Å². The quantitative estimate of drug-likeness (QED) is 0.389. The predicted octanol–water partition coefficient (Wildman–Crippen LogP) is 4.11. The zero-order valence-corrected chi connectivity index (χ0v) is 18.0. The van der Waals surface area contributed by atoms with E-state index in [1.54, 1.807) is 12.1 Å². The van der Waals surface area contributed by atoms with Gasteiger partial charge in [-0.15, -0.1) is 10.2 Å². The van der Waals surface area contributed by atoms with Gasteiger partial charge in [0.25, 0.3) is 5.91 Å². The van der Waals surface area contributed by atoms with Crippen molar-refractivity contribution in [2.75, 3.05) is 11.1 Å². The lowest BCUT2D eigenvalue weighted by Gasteiger charge is -2.06. The molecular formula is C19H18ClN5O2S2. The molecule has 0 aliphatic heterocycles. The fourth-order valence-corrected chi connectivity index (χ4v) is 3.93. The van der Waals surface area contributed by atoms with Crippen LogP contribution in [0.2, 0.25) is 5.02 Å². The summed E-state index contributed by atoms with van der Waals surface area (Å²) in [5, 5.41) is 12.5. The van der Waals surface area contributed by atoms with Gasteiger partial charge in [0, 0.05) is 16.3 Å². The van der Waals surface area contributed by atoms with Crippen LogP contribution in [0.4, 0.5) is 10.8 Å². The monoisotopic (exact) mass is 447 g/mol. The van der Waals surface area contributed by atoms with Gasteiger partial charge in [-0.1, -0.05) is 58.5 Å². The molecule has 0 aliphatic rings. The van der Waals surface area contributed by atoms with Crippen LogP contribution in [0.1, 0.15) is 21.5 Å². The van der Waals surface area contributed by atoms with Gasteiger partial charge >= 0.3 is 0 Å². The Morgan fingerprint density at radius 3 is 2.55 bits per heavy atom. The van der Waals surface area contributed by atoms with Gasteiger partial charge in [0.2, 0.25) is 11.0 Å². The molecule has 0 fully saturated rings. The number of carbonyl (C=O) groups is 2. The van der Waals surface area contributed by atoms with Crippen LogP contribution in [0.5, 0.6) is 0 Å². The smallest absolute Gasteiger partial charge is 0.269 e. The van der Waals surface area contributed by atoms with Gasteiger partial charge in [0.1, 0.15) is 0 Å². The number of hydrazine groups is 1. The summed E-state index contributed by atoms with van der Waals surface area (Å²) in [7, 11) is 0. The molecule has 0 aliphatic carbocycles. The average Bonchev–Trinajstić information content (AvgIpc) is 3.15. The predicted molar refractivity (Wildman–Crippen MR) is 117 cm³/mol. The summed E-state index contributed by atoms with van der Waals surface area (Å²) in [6.45, 7) is 3.87. The van der Waals surface area contributed by atoms with Gasteiger partial charge < -0.3 is 5.32 Å². The second-order valence-corrected chi connectivity index (χ2v) is 8.73. The van der Waals surface area contributed by atoms with Crippen LogP contribution < -0.4 is 16.2 Å². The van der Waals surface area contributed by atoms with E-state index in [-0.39, 0.29) is 17.6 Å². The van der Waals surface area contributed by atoms with Crippen LogP contribution in [0.25, 0.3) is 0 Å². The minimum absolute atomic E-state index is 0.0964. The van der Waals surface area contributed by atoms with E-state index in [9.17, 15) is 9.59 Å². The maximum absolute atomic E-state index is 12.0. The molecule has 2 amide bonds. The lowest BCUT2D eigenvalue weighted by atomic mass is 10.1. The number of nitrogens with zero attached hydrogens (tertiary/aromatic N) is 2. The standard InChI is InChI=1S/C19H18ClN5O2S2/c1-11-3-6-13(7-4-11)17(27)23-22-16(26)10-28-19-25-24-18(29-19)21-14-8-5-12(2)15(20)9-14/h3-9H,10H2,1-2H3,(H,21,24)(H,22,26)(H,23,27). The van der Waals surface area contributed by atoms with Crippen LogP contribution in [0.3, 0.4) is 0 Å². The number of rotatable bonds is 6. The average molecular weight is 448 g/mol. The highest BCUT2D eigenvalue weighted by Crippen LogP contribution is 2.29. The number of benzene rings is 2. The summed E-state index contributed by atoms with van der Waals surface area (Å²) < 4.78 is 0.630. The lowest BCUT2D eigenvalue weighted by Crippen LogP contribution is -2.42. The highest BCUT2D eigenvalue weighted by molar-refractivity contribution is 8.01. The first-order chi connectivity index (χ1) is 13.9. The molecule has 1 aromatic heterocycles. The third kappa shape index (κ3) is 6.18. The largest absolute Gasteiger partial charge is 0.330 e. The highest BCUT2D eigenvalue weighted by Gasteiger charge is 2.10. The Morgan fingerprint density at radius 2 is 1.83 bits per heavy atom. The van der Waals surface area contributed by atoms with Gasteiger partial charge in [-0.3, -0.25) is 20.4 Å². The van der Waals surface area contributed by atoms with Crippen molar-refractivity contribution in [2.24, 2.45) is 0 Å². The Kier molecular flexibility index (Phi) is 7.08. The molecular weight excluding hydrogens is 430 g/mol. The van der Waals surface area contributed by atoms with Gasteiger partial charge in [-0.25, -0.2) is 0 Å². The van der Waals surface area contributed by atoms with Crippen molar-refractivity contribution >= 4 is 57.3 Å². The number of aryl methyl sites for hydroxylation is 2. The second-order valence-electron chi connectivity index (χ2n) is 6.12. The molecule has 2 aromatic carbocycles. The number of amides is 2. The first-order valence-corrected chi connectivity index (χ1v) is 10.7. The van der Waals surface area contributed by atoms with Gasteiger partial charge in [0.15, 0.2) is 4.34 Å². The molecule has 3 N–H and O–H groups in total. The van der Waals surface area contributed by atoms with Crippen LogP contribution >= 0.6 is 34.7 Å². The SMILES string of the molecule is Cc1ccc(C(=O)NNC(=O)CSc2nnc(Nc3ccc(C)c(Cl)c3)s2)cc1. The molecule has 29 heavy (non-hydrogen) atoms. The molecule has 1 heterocycles. The van der Waals surface area contributed by atoms with E-state index in [1.807, 2.05) is 44.2 Å². The second kappa shape index (κ2) is 9.73. The summed E-state index contributed by atoms with van der Waals surface area (Å²) in [5.41, 5.74) is 8.11. The van der Waals surface area contributed by atoms with Crippen LogP contribution in [-0.4, -0.2) is 27.8 Å². The topological polar surface area (TPSA) is 96.0 Å². The van der Waals surface area contributed by atoms with Crippen molar-refractivity contribution in [2.45, 2.75) is 18.2 Å². The fourth-order valence-electron chi connectivity index (χ4n) is 2.18. The minimum atomic E-state index is -0.373. The fraction of sp³-hybridized carbons (Fsp3) is 0.158. The molecule has 0 bridgehead atoms. The van der Waals surface area contributed by atoms with Crippen molar-refractivity contribution in [3.63, 3.8) is 0 Å². The number of aromatic nitrogens is 2. The first kappa shape index (κ1) is 21.1. The van der Waals surface area contributed by atoms with E-state index < -0.39 is 0 Å². The van der Waals surface area contributed by atoms with Crippen LogP contribution in [-0.2, 0) is 4.79 Å². The first-order valence-electron chi connectivity index (χ1n) is 8.56. The third-order valence-corrected chi connectivity index (χ3v) is 6.16. The number of anilines is 2. The number of thioether (sulfide) groups is 1. The molecule has 150 valence electrons. The highest BCUT2D eigenvalue weighted by atomic mass is 35.5. The van der Waals surface area contributed by atoms with Crippen molar-refractivity contribution in [3.8, 4) is 0 Å². The number of carbonyl (C=O) groups excluding carboxylic acids is 2. The molecule has 0 radical (unpaired) electrons. The molecule has 0 spiro atoms. The van der Waals surface area contributed by atoms with Crippen LogP contribution in [0.15, 0.2) is 46.8 Å². The summed E-state index contributed by atoms with van der Waals surface area (Å²) in [4.78, 5) is 23.9. The maximum Gasteiger partial charge on any atom is 0.269 e. The number of nitrogens with one attached hydrogen (secondary N) is 3. The van der Waals surface area contributed by atoms with Crippen LogP contribution in [0, 0.1) is 13.8 Å². The summed E-state index contributed by atoms with van der Waals surface area (Å²) in [6, 6.07) is 12.7. The Hall–Kier alpha value is -2.62. The molecule has 3 aromatic rings. The maximum atomic E-state index is 12.0. The molecule has 7 nitrogen and oxygen atoms in total. The molecule has 0 atom stereocenters. The van der Waals surface area contributed by atoms with Gasteiger partial charge in [-0.2, -0.15) is 0 Å². The zero-order chi connectivity index (χ0) is 20.8. The Balaban J connectivity index is 1.45. The van der Waals surface area contributed by atoms with E-state index in [1.165, 1.54) is 23.1 Å². The Bertz CT molecular complexity index is 1020. The van der Waals surface area contributed by atoms with Gasteiger partial charge in [-0.05, 0) is 43.7 Å². The molecule has 10 heteroatoms. The molecule has 0 unspecified atom stereocenters. The van der Waals surface area contributed by atoms with E-state index in [0.717, 1.165) is 16.8 Å². The zero-order valence-electron chi connectivity index (χ0n) is 15.7. The minimum Gasteiger partial charge on any atom is -0.330 e. The summed E-state index contributed by atoms with van der Waals surface area (Å²) >= 11 is 8.67. The molecule has 3 rings (SSSR count). The van der Waals surface area contributed by atoms with Crippen molar-refractivity contribution in [1.82, 2.24) is 21.0 Å². The van der Waals surface area contributed by atoms with Crippen molar-refractivity contribution < 1.29 is 9.59 Å². The lowest BCUT2D eigenvalue weighted by molar-refractivity contribution is -0.119. The summed E-state index contributed by atoms with van der Waals surface area (Å²) in [6.07, 6.45) is 0. The van der Waals surface area contributed by atoms with E-state index >= 15 is 0 Å². The number of hydrogen-bond acceptors (Lipinski definition) is 7. The van der Waals surface area contributed by atoms with Gasteiger partial charge in [0.05, 0.1) is 5.75 Å². The Labute approximate surface area is 181 Å². The van der Waals surface area contributed by atoms with E-state index in [2.05, 4.69) is 26.4 Å². The Morgan fingerprint density at radius 1 is 1.07 bits per heavy atom. The molecule has 0 saturated carbocycles. The molecule has 0 saturated heterocycles. The summed E-state index contributed by atoms with van der Waals surface area (Å²) in [5.74, 6) is -0.618. The third-order valence-electron chi connectivity index (χ3n) is 3.79. The van der Waals surface area contributed by atoms with Crippen molar-refractivity contribution in [3.05, 3.63) is 64.2 Å². The van der Waals surface area contributed by atoms with E-state index in [0.29, 0.717) is 20.1 Å². The van der Waals surface area contributed by atoms with E-state index in [4.69, 9.17) is 11.6 Å². The number of hydrogen-bond donors (Lipinski definition) is 3. The number of halogens is 1.